The van der Waals surface area contributed by atoms with Crippen LogP contribution in [0.4, 0.5) is 0 Å². The van der Waals surface area contributed by atoms with E-state index in [9.17, 15) is 8.42 Å². The molecule has 150 valence electrons. The van der Waals surface area contributed by atoms with Gasteiger partial charge in [-0.1, -0.05) is 71.9 Å². The molecule has 30 heavy (non-hydrogen) atoms. The van der Waals surface area contributed by atoms with Crippen LogP contribution in [0.25, 0.3) is 10.8 Å². The fourth-order valence-corrected chi connectivity index (χ4v) is 6.52. The summed E-state index contributed by atoms with van der Waals surface area (Å²) in [6.45, 7) is 1.94. The first-order valence-electron chi connectivity index (χ1n) is 9.71. The molecule has 0 amide bonds. The molecule has 0 aliphatic heterocycles. The van der Waals surface area contributed by atoms with Crippen molar-refractivity contribution in [1.82, 2.24) is 9.71 Å². The summed E-state index contributed by atoms with van der Waals surface area (Å²) in [4.78, 5) is 4.73. The molecule has 0 unspecified atom stereocenters. The maximum atomic E-state index is 13.2. The molecule has 6 heteroatoms. The minimum absolute atomic E-state index is 0.110. The average molecular weight is 433 g/mol. The lowest BCUT2D eigenvalue weighted by molar-refractivity contribution is 0.557. The molecule has 3 aromatic carbocycles. The second-order valence-electron chi connectivity index (χ2n) is 7.41. The van der Waals surface area contributed by atoms with E-state index in [1.54, 1.807) is 30.1 Å². The lowest BCUT2D eigenvalue weighted by Crippen LogP contribution is -2.30. The number of hydrogen-bond acceptors (Lipinski definition) is 4. The lowest BCUT2D eigenvalue weighted by atomic mass is 10.1. The number of rotatable bonds is 5. The standard InChI is InChI=1S/C24H20N2O2S2/c1-16-11-13-18(14-12-16)30(27,28)26-23-19-8-4-6-17-7-5-9-20(22(17)19)24(23)29-21-10-2-3-15-25-21/h2-15,23-24,26H,1H3/t23-,24-/m0/s1. The Balaban J connectivity index is 1.59. The molecule has 1 aromatic heterocycles. The van der Waals surface area contributed by atoms with Crippen molar-refractivity contribution in [1.29, 1.82) is 0 Å². The first-order valence-corrected chi connectivity index (χ1v) is 12.1. The van der Waals surface area contributed by atoms with Gasteiger partial charge in [-0.3, -0.25) is 0 Å². The lowest BCUT2D eigenvalue weighted by Gasteiger charge is -2.22. The molecular weight excluding hydrogens is 412 g/mol. The Morgan fingerprint density at radius 3 is 2.30 bits per heavy atom. The summed E-state index contributed by atoms with van der Waals surface area (Å²) < 4.78 is 29.5. The molecule has 1 aliphatic carbocycles. The first kappa shape index (κ1) is 19.3. The van der Waals surface area contributed by atoms with Gasteiger partial charge in [0, 0.05) is 6.20 Å². The Hall–Kier alpha value is -2.67. The Morgan fingerprint density at radius 2 is 1.60 bits per heavy atom. The molecule has 0 saturated carbocycles. The highest BCUT2D eigenvalue weighted by atomic mass is 32.2. The number of thioether (sulfide) groups is 1. The number of aromatic nitrogens is 1. The number of benzene rings is 3. The van der Waals surface area contributed by atoms with Gasteiger partial charge in [-0.15, -0.1) is 0 Å². The smallest absolute Gasteiger partial charge is 0.241 e. The van der Waals surface area contributed by atoms with E-state index in [0.717, 1.165) is 32.5 Å². The van der Waals surface area contributed by atoms with Crippen LogP contribution in [-0.4, -0.2) is 13.4 Å². The van der Waals surface area contributed by atoms with Gasteiger partial charge in [-0.2, -0.15) is 0 Å². The zero-order valence-electron chi connectivity index (χ0n) is 16.3. The topological polar surface area (TPSA) is 59.1 Å². The van der Waals surface area contributed by atoms with E-state index in [-0.39, 0.29) is 16.2 Å². The van der Waals surface area contributed by atoms with Gasteiger partial charge in [-0.25, -0.2) is 18.1 Å². The van der Waals surface area contributed by atoms with Crippen LogP contribution in [0.2, 0.25) is 0 Å². The second-order valence-corrected chi connectivity index (χ2v) is 10.3. The zero-order valence-corrected chi connectivity index (χ0v) is 18.0. The molecular formula is C24H20N2O2S2. The van der Waals surface area contributed by atoms with Crippen molar-refractivity contribution < 1.29 is 8.42 Å². The van der Waals surface area contributed by atoms with Crippen molar-refractivity contribution in [2.24, 2.45) is 0 Å². The first-order chi connectivity index (χ1) is 14.5. The van der Waals surface area contributed by atoms with E-state index in [1.807, 2.05) is 55.5 Å². The highest BCUT2D eigenvalue weighted by Gasteiger charge is 2.38. The molecule has 4 nitrogen and oxygen atoms in total. The molecule has 4 aromatic rings. The molecule has 2 atom stereocenters. The summed E-state index contributed by atoms with van der Waals surface area (Å²) in [5.41, 5.74) is 3.16. The van der Waals surface area contributed by atoms with E-state index in [0.29, 0.717) is 0 Å². The van der Waals surface area contributed by atoms with Crippen LogP contribution >= 0.6 is 11.8 Å². The summed E-state index contributed by atoms with van der Waals surface area (Å²) in [5, 5.41) is 3.01. The largest absolute Gasteiger partial charge is 0.250 e. The van der Waals surface area contributed by atoms with E-state index in [4.69, 9.17) is 0 Å². The molecule has 0 radical (unpaired) electrons. The minimum Gasteiger partial charge on any atom is -0.250 e. The quantitative estimate of drug-likeness (QED) is 0.458. The van der Waals surface area contributed by atoms with E-state index >= 15 is 0 Å². The molecule has 1 aliphatic rings. The van der Waals surface area contributed by atoms with Crippen LogP contribution in [0.5, 0.6) is 0 Å². The van der Waals surface area contributed by atoms with Crippen LogP contribution in [0.15, 0.2) is 95.0 Å². The maximum absolute atomic E-state index is 13.2. The van der Waals surface area contributed by atoms with Crippen LogP contribution in [0.1, 0.15) is 28.0 Å². The predicted molar refractivity (Wildman–Crippen MR) is 121 cm³/mol. The number of hydrogen-bond donors (Lipinski definition) is 1. The van der Waals surface area contributed by atoms with Gasteiger partial charge >= 0.3 is 0 Å². The molecule has 0 spiro atoms. The Morgan fingerprint density at radius 1 is 0.867 bits per heavy atom. The molecule has 0 fully saturated rings. The highest BCUT2D eigenvalue weighted by molar-refractivity contribution is 7.99. The summed E-state index contributed by atoms with van der Waals surface area (Å²) in [5.74, 6) is 0. The maximum Gasteiger partial charge on any atom is 0.241 e. The highest BCUT2D eigenvalue weighted by Crippen LogP contribution is 2.53. The summed E-state index contributed by atoms with van der Waals surface area (Å²) >= 11 is 1.59. The molecule has 0 bridgehead atoms. The van der Waals surface area contributed by atoms with Crippen LogP contribution in [0.3, 0.4) is 0 Å². The zero-order chi connectivity index (χ0) is 20.7. The number of nitrogens with zero attached hydrogens (tertiary/aromatic N) is 1. The number of nitrogens with one attached hydrogen (secondary N) is 1. The van der Waals surface area contributed by atoms with Crippen LogP contribution < -0.4 is 4.72 Å². The van der Waals surface area contributed by atoms with Crippen molar-refractivity contribution in [2.75, 3.05) is 0 Å². The molecule has 5 rings (SSSR count). The molecule has 1 heterocycles. The van der Waals surface area contributed by atoms with Crippen molar-refractivity contribution in [3.05, 3.63) is 102 Å². The number of pyridine rings is 1. The van der Waals surface area contributed by atoms with Gasteiger partial charge in [-0.05, 0) is 53.1 Å². The molecule has 1 N–H and O–H groups in total. The van der Waals surface area contributed by atoms with Crippen molar-refractivity contribution in [3.63, 3.8) is 0 Å². The Labute approximate surface area is 180 Å². The van der Waals surface area contributed by atoms with E-state index < -0.39 is 10.0 Å². The SMILES string of the molecule is Cc1ccc(S(=O)(=O)N[C@H]2c3cccc4cccc(c34)[C@@H]2Sc2ccccn2)cc1. The molecule has 0 saturated heterocycles. The Kier molecular flexibility index (Phi) is 4.85. The normalized spacial score (nSPS) is 18.0. The van der Waals surface area contributed by atoms with Crippen LogP contribution in [-0.2, 0) is 10.0 Å². The van der Waals surface area contributed by atoms with Crippen molar-refractivity contribution in [3.8, 4) is 0 Å². The van der Waals surface area contributed by atoms with E-state index in [2.05, 4.69) is 27.9 Å². The summed E-state index contributed by atoms with van der Waals surface area (Å²) in [7, 11) is -3.68. The predicted octanol–water partition coefficient (Wildman–Crippen LogP) is 5.41. The average Bonchev–Trinajstić information content (AvgIpc) is 3.04. The van der Waals surface area contributed by atoms with Gasteiger partial charge in [0.15, 0.2) is 0 Å². The minimum atomic E-state index is -3.68. The van der Waals surface area contributed by atoms with Gasteiger partial charge in [0.25, 0.3) is 0 Å². The van der Waals surface area contributed by atoms with Gasteiger partial charge in [0.1, 0.15) is 0 Å². The fourth-order valence-electron chi connectivity index (χ4n) is 4.00. The van der Waals surface area contributed by atoms with Crippen molar-refractivity contribution >= 4 is 32.6 Å². The third-order valence-electron chi connectivity index (χ3n) is 5.41. The summed E-state index contributed by atoms with van der Waals surface area (Å²) in [6, 6.07) is 24.6. The third kappa shape index (κ3) is 3.41. The fraction of sp³-hybridized carbons (Fsp3) is 0.125. The van der Waals surface area contributed by atoms with Gasteiger partial charge < -0.3 is 0 Å². The second kappa shape index (κ2) is 7.54. The van der Waals surface area contributed by atoms with E-state index in [1.165, 1.54) is 0 Å². The summed E-state index contributed by atoms with van der Waals surface area (Å²) in [6.07, 6.45) is 1.76. The number of sulfonamides is 1. The van der Waals surface area contributed by atoms with Crippen LogP contribution in [0, 0.1) is 6.92 Å². The Bertz CT molecular complexity index is 1320. The monoisotopic (exact) mass is 432 g/mol. The van der Waals surface area contributed by atoms with Gasteiger partial charge in [0.05, 0.1) is 21.2 Å². The van der Waals surface area contributed by atoms with Crippen molar-refractivity contribution in [2.45, 2.75) is 28.1 Å². The van der Waals surface area contributed by atoms with Gasteiger partial charge in [0.2, 0.25) is 10.0 Å². The third-order valence-corrected chi connectivity index (χ3v) is 8.13. The number of aryl methyl sites for hydroxylation is 1.